The van der Waals surface area contributed by atoms with Crippen molar-refractivity contribution in [1.29, 1.82) is 0 Å². The molecule has 6 heteroatoms. The molecule has 110 valence electrons. The average molecular weight is 287 g/mol. The van der Waals surface area contributed by atoms with E-state index in [2.05, 4.69) is 5.32 Å². The molecule has 1 unspecified atom stereocenters. The molecule has 0 spiro atoms. The molecule has 0 radical (unpaired) electrons. The molecule has 1 aromatic rings. The van der Waals surface area contributed by atoms with Gasteiger partial charge in [0.2, 0.25) is 5.91 Å². The first-order valence-electron chi connectivity index (χ1n) is 6.96. The zero-order chi connectivity index (χ0) is 15.2. The van der Waals surface area contributed by atoms with E-state index in [0.29, 0.717) is 0 Å². The first-order chi connectivity index (χ1) is 9.91. The van der Waals surface area contributed by atoms with Gasteiger partial charge >= 0.3 is 6.03 Å². The highest BCUT2D eigenvalue weighted by Crippen LogP contribution is 2.32. The molecule has 1 atom stereocenters. The maximum Gasteiger partial charge on any atom is 0.325 e. The molecule has 1 aliphatic carbocycles. The summed E-state index contributed by atoms with van der Waals surface area (Å²) >= 11 is 0. The Kier molecular flexibility index (Phi) is 2.97. The van der Waals surface area contributed by atoms with Gasteiger partial charge in [0.25, 0.3) is 5.91 Å². The van der Waals surface area contributed by atoms with E-state index in [4.69, 9.17) is 5.73 Å². The lowest BCUT2D eigenvalue weighted by Crippen LogP contribution is -2.42. The molecular formula is C15H17N3O3. The number of nitrogens with zero attached hydrogens (tertiary/aromatic N) is 1. The van der Waals surface area contributed by atoms with Gasteiger partial charge in [-0.3, -0.25) is 14.5 Å². The number of fused-ring (bicyclic) bond motifs is 1. The van der Waals surface area contributed by atoms with Crippen LogP contribution in [0.15, 0.2) is 18.2 Å². The van der Waals surface area contributed by atoms with Crippen LogP contribution in [-0.2, 0) is 28.0 Å². The summed E-state index contributed by atoms with van der Waals surface area (Å²) in [5, 5.41) is 2.67. The number of hydrogen-bond donors (Lipinski definition) is 2. The summed E-state index contributed by atoms with van der Waals surface area (Å²) in [4.78, 5) is 36.3. The Balaban J connectivity index is 1.96. The van der Waals surface area contributed by atoms with Crippen molar-refractivity contribution in [2.24, 2.45) is 5.73 Å². The highest BCUT2D eigenvalue weighted by Gasteiger charge is 2.49. The summed E-state index contributed by atoms with van der Waals surface area (Å²) in [6, 6.07) is 5.28. The van der Waals surface area contributed by atoms with Crippen molar-refractivity contribution in [3.8, 4) is 0 Å². The molecule has 1 aromatic carbocycles. The van der Waals surface area contributed by atoms with E-state index >= 15 is 0 Å². The van der Waals surface area contributed by atoms with E-state index in [-0.39, 0.29) is 0 Å². The number of amides is 4. The number of primary amides is 1. The molecule has 1 saturated heterocycles. The molecular weight excluding hydrogens is 270 g/mol. The van der Waals surface area contributed by atoms with Crippen LogP contribution in [0.2, 0.25) is 0 Å². The normalized spacial score (nSPS) is 24.1. The molecule has 1 heterocycles. The quantitative estimate of drug-likeness (QED) is 0.789. The smallest absolute Gasteiger partial charge is 0.325 e. The largest absolute Gasteiger partial charge is 0.368 e. The van der Waals surface area contributed by atoms with E-state index in [1.165, 1.54) is 11.1 Å². The lowest BCUT2D eigenvalue weighted by molar-refractivity contribution is -0.134. The fourth-order valence-corrected chi connectivity index (χ4v) is 3.07. The van der Waals surface area contributed by atoms with Gasteiger partial charge in [0, 0.05) is 0 Å². The van der Waals surface area contributed by atoms with Crippen molar-refractivity contribution in [2.75, 3.05) is 6.54 Å². The van der Waals surface area contributed by atoms with Crippen LogP contribution < -0.4 is 11.1 Å². The topological polar surface area (TPSA) is 92.5 Å². The molecule has 3 N–H and O–H groups in total. The zero-order valence-corrected chi connectivity index (χ0v) is 11.8. The van der Waals surface area contributed by atoms with Crippen LogP contribution in [0.1, 0.15) is 30.0 Å². The standard InChI is InChI=1S/C15H17N3O3/c1-15(11-6-5-9-3-2-4-10(9)7-11)13(20)18(8-12(16)19)14(21)17-15/h5-7H,2-4,8H2,1H3,(H2,16,19)(H,17,21). The second-order valence-electron chi connectivity index (χ2n) is 5.75. The Morgan fingerprint density at radius 3 is 2.76 bits per heavy atom. The number of carbonyl (C=O) groups excluding carboxylic acids is 3. The van der Waals surface area contributed by atoms with Gasteiger partial charge in [-0.25, -0.2) is 4.79 Å². The Hall–Kier alpha value is -2.37. The Labute approximate surface area is 122 Å². The molecule has 1 aliphatic heterocycles. The summed E-state index contributed by atoms with van der Waals surface area (Å²) in [5.41, 5.74) is 7.22. The van der Waals surface area contributed by atoms with Crippen LogP contribution in [0.25, 0.3) is 0 Å². The predicted octanol–water partition coefficient (Wildman–Crippen LogP) is 0.428. The monoisotopic (exact) mass is 287 g/mol. The lowest BCUT2D eigenvalue weighted by atomic mass is 9.89. The van der Waals surface area contributed by atoms with Crippen LogP contribution in [-0.4, -0.2) is 29.3 Å². The van der Waals surface area contributed by atoms with Crippen molar-refractivity contribution in [1.82, 2.24) is 10.2 Å². The average Bonchev–Trinajstić information content (AvgIpc) is 2.97. The van der Waals surface area contributed by atoms with Crippen molar-refractivity contribution in [2.45, 2.75) is 31.7 Å². The first-order valence-corrected chi connectivity index (χ1v) is 6.96. The minimum atomic E-state index is -1.13. The Bertz CT molecular complexity index is 656. The fourth-order valence-electron chi connectivity index (χ4n) is 3.07. The lowest BCUT2D eigenvalue weighted by Gasteiger charge is -2.23. The van der Waals surface area contributed by atoms with Crippen LogP contribution in [0.5, 0.6) is 0 Å². The third-order valence-electron chi connectivity index (χ3n) is 4.26. The van der Waals surface area contributed by atoms with Crippen molar-refractivity contribution >= 4 is 17.8 Å². The van der Waals surface area contributed by atoms with Crippen LogP contribution in [0.4, 0.5) is 4.79 Å². The molecule has 0 bridgehead atoms. The van der Waals surface area contributed by atoms with E-state index in [9.17, 15) is 14.4 Å². The van der Waals surface area contributed by atoms with Crippen molar-refractivity contribution < 1.29 is 14.4 Å². The van der Waals surface area contributed by atoms with Crippen LogP contribution in [0.3, 0.4) is 0 Å². The number of carbonyl (C=O) groups is 3. The zero-order valence-electron chi connectivity index (χ0n) is 11.8. The van der Waals surface area contributed by atoms with Gasteiger partial charge < -0.3 is 11.1 Å². The van der Waals surface area contributed by atoms with Crippen LogP contribution in [0, 0.1) is 0 Å². The number of benzene rings is 1. The SMILES string of the molecule is CC1(c2ccc3c(c2)CCC3)NC(=O)N(CC(N)=O)C1=O. The molecule has 2 aliphatic rings. The third kappa shape index (κ3) is 2.07. The molecule has 0 saturated carbocycles. The maximum absolute atomic E-state index is 12.5. The van der Waals surface area contributed by atoms with E-state index in [1.807, 2.05) is 18.2 Å². The van der Waals surface area contributed by atoms with Crippen molar-refractivity contribution in [3.05, 3.63) is 34.9 Å². The summed E-state index contributed by atoms with van der Waals surface area (Å²) in [7, 11) is 0. The van der Waals surface area contributed by atoms with Crippen LogP contribution >= 0.6 is 0 Å². The number of imide groups is 1. The molecule has 0 aromatic heterocycles. The van der Waals surface area contributed by atoms with Gasteiger partial charge in [0.05, 0.1) is 0 Å². The Morgan fingerprint density at radius 1 is 1.33 bits per heavy atom. The number of aryl methyl sites for hydroxylation is 2. The van der Waals surface area contributed by atoms with Gasteiger partial charge in [-0.15, -0.1) is 0 Å². The van der Waals surface area contributed by atoms with E-state index in [1.54, 1.807) is 6.92 Å². The number of urea groups is 1. The summed E-state index contributed by atoms with van der Waals surface area (Å²) in [6.07, 6.45) is 3.16. The van der Waals surface area contributed by atoms with Gasteiger partial charge in [0.15, 0.2) is 0 Å². The number of nitrogens with one attached hydrogen (secondary N) is 1. The number of nitrogens with two attached hydrogens (primary N) is 1. The summed E-state index contributed by atoms with van der Waals surface area (Å²) in [6.45, 7) is 1.26. The van der Waals surface area contributed by atoms with Gasteiger partial charge in [-0.2, -0.15) is 0 Å². The first kappa shape index (κ1) is 13.6. The number of rotatable bonds is 3. The fraction of sp³-hybridized carbons (Fsp3) is 0.400. The second-order valence-corrected chi connectivity index (χ2v) is 5.75. The van der Waals surface area contributed by atoms with Crippen molar-refractivity contribution in [3.63, 3.8) is 0 Å². The highest BCUT2D eigenvalue weighted by molar-refractivity contribution is 6.09. The van der Waals surface area contributed by atoms with Gasteiger partial charge in [-0.1, -0.05) is 18.2 Å². The molecule has 1 fully saturated rings. The Morgan fingerprint density at radius 2 is 2.05 bits per heavy atom. The number of hydrogen-bond acceptors (Lipinski definition) is 3. The predicted molar refractivity (Wildman–Crippen MR) is 75.3 cm³/mol. The molecule has 3 rings (SSSR count). The van der Waals surface area contributed by atoms with Gasteiger partial charge in [0.1, 0.15) is 12.1 Å². The van der Waals surface area contributed by atoms with E-state index < -0.39 is 29.9 Å². The summed E-state index contributed by atoms with van der Waals surface area (Å²) in [5.74, 6) is -1.15. The summed E-state index contributed by atoms with van der Waals surface area (Å²) < 4.78 is 0. The maximum atomic E-state index is 12.5. The van der Waals surface area contributed by atoms with Gasteiger partial charge in [-0.05, 0) is 42.9 Å². The molecule has 4 amide bonds. The molecule has 6 nitrogen and oxygen atoms in total. The minimum absolute atomic E-state index is 0.398. The highest BCUT2D eigenvalue weighted by atomic mass is 16.2. The second kappa shape index (κ2) is 4.58. The van der Waals surface area contributed by atoms with E-state index in [0.717, 1.165) is 29.7 Å². The molecule has 21 heavy (non-hydrogen) atoms. The third-order valence-corrected chi connectivity index (χ3v) is 4.26. The minimum Gasteiger partial charge on any atom is -0.368 e.